The molecular formula is C53H51N. The number of benzene rings is 6. The summed E-state index contributed by atoms with van der Waals surface area (Å²) in [5.41, 5.74) is 20.4. The van der Waals surface area contributed by atoms with Gasteiger partial charge < -0.3 is 4.57 Å². The van der Waals surface area contributed by atoms with E-state index in [0.29, 0.717) is 0 Å². The predicted octanol–water partition coefficient (Wildman–Crippen LogP) is 13.7. The average molecular weight is 702 g/mol. The molecule has 0 aliphatic heterocycles. The summed E-state index contributed by atoms with van der Waals surface area (Å²) in [6, 6.07) is 48.8. The average Bonchev–Trinajstić information content (AvgIpc) is 3.49. The molecule has 1 nitrogen and oxygen atoms in total. The highest BCUT2D eigenvalue weighted by atomic mass is 15.0. The normalized spacial score (nSPS) is 18.3. The highest BCUT2D eigenvalue weighted by Gasteiger charge is 2.46. The van der Waals surface area contributed by atoms with Crippen LogP contribution < -0.4 is 0 Å². The van der Waals surface area contributed by atoms with E-state index in [1.54, 1.807) is 5.57 Å². The van der Waals surface area contributed by atoms with E-state index in [1.165, 1.54) is 108 Å². The standard InChI is InChI=1S/C53H51N/c1-50(2)37-21-12-14-23-39(37)52(5,6)48-41(50)29-31-43-46(48)47-44(32-30-42-49(47)53(7,8)40-24-15-13-22-38(40)51(42,3)4)54(43)36-27-25-35(26-28-36)45(34-19-16-20-34)33-17-10-9-11-18-33/h9-15,17-18,21-32H,16,19-20H2,1-8H3. The van der Waals surface area contributed by atoms with Crippen LogP contribution in [0.5, 0.6) is 0 Å². The van der Waals surface area contributed by atoms with Crippen molar-refractivity contribution in [3.8, 4) is 5.69 Å². The number of hydrogen-bond donors (Lipinski definition) is 0. The molecule has 0 spiro atoms. The third-order valence-electron chi connectivity index (χ3n) is 14.0. The minimum atomic E-state index is -0.196. The molecule has 54 heavy (non-hydrogen) atoms. The fourth-order valence-corrected chi connectivity index (χ4v) is 11.1. The molecule has 3 aliphatic carbocycles. The molecule has 0 N–H and O–H groups in total. The summed E-state index contributed by atoms with van der Waals surface area (Å²) in [5.74, 6) is 0. The Balaban J connectivity index is 1.31. The van der Waals surface area contributed by atoms with Crippen molar-refractivity contribution in [2.45, 2.75) is 96.3 Å². The number of rotatable bonds is 3. The molecular weight excluding hydrogens is 651 g/mol. The molecule has 6 aromatic carbocycles. The minimum Gasteiger partial charge on any atom is -0.309 e. The minimum absolute atomic E-state index is 0.134. The molecule has 0 unspecified atom stereocenters. The monoisotopic (exact) mass is 701 g/mol. The molecule has 3 aliphatic rings. The van der Waals surface area contributed by atoms with Gasteiger partial charge in [-0.3, -0.25) is 0 Å². The van der Waals surface area contributed by atoms with Crippen LogP contribution in [0.2, 0.25) is 0 Å². The van der Waals surface area contributed by atoms with E-state index < -0.39 is 0 Å². The van der Waals surface area contributed by atoms with Crippen LogP contribution in [0.3, 0.4) is 0 Å². The van der Waals surface area contributed by atoms with E-state index in [-0.39, 0.29) is 21.7 Å². The molecule has 1 saturated carbocycles. The summed E-state index contributed by atoms with van der Waals surface area (Å²) in [5, 5.41) is 2.83. The smallest absolute Gasteiger partial charge is 0.0544 e. The lowest BCUT2D eigenvalue weighted by Crippen LogP contribution is -2.37. The second-order valence-electron chi connectivity index (χ2n) is 18.4. The second kappa shape index (κ2) is 11.2. The predicted molar refractivity (Wildman–Crippen MR) is 228 cm³/mol. The van der Waals surface area contributed by atoms with Crippen molar-refractivity contribution in [1.82, 2.24) is 4.57 Å². The largest absolute Gasteiger partial charge is 0.309 e. The molecule has 0 bridgehead atoms. The van der Waals surface area contributed by atoms with Crippen LogP contribution in [-0.4, -0.2) is 4.57 Å². The molecule has 10 rings (SSSR count). The molecule has 1 heterocycles. The summed E-state index contributed by atoms with van der Waals surface area (Å²) in [6.07, 6.45) is 3.67. The Morgan fingerprint density at radius 1 is 0.407 bits per heavy atom. The third kappa shape index (κ3) is 4.33. The van der Waals surface area contributed by atoms with Gasteiger partial charge in [-0.15, -0.1) is 0 Å². The first-order chi connectivity index (χ1) is 25.8. The van der Waals surface area contributed by atoms with Crippen molar-refractivity contribution in [1.29, 1.82) is 0 Å². The van der Waals surface area contributed by atoms with Crippen molar-refractivity contribution in [2.75, 3.05) is 0 Å². The lowest BCUT2D eigenvalue weighted by Gasteiger charge is -2.45. The first-order valence-corrected chi connectivity index (χ1v) is 20.1. The molecule has 0 saturated heterocycles. The second-order valence-corrected chi connectivity index (χ2v) is 18.4. The van der Waals surface area contributed by atoms with Gasteiger partial charge in [0.2, 0.25) is 0 Å². The first kappa shape index (κ1) is 33.4. The number of aromatic nitrogens is 1. The van der Waals surface area contributed by atoms with Gasteiger partial charge in [-0.2, -0.15) is 0 Å². The highest BCUT2D eigenvalue weighted by molar-refractivity contribution is 6.15. The van der Waals surface area contributed by atoms with Gasteiger partial charge in [0.05, 0.1) is 11.0 Å². The Morgan fingerprint density at radius 3 is 1.24 bits per heavy atom. The summed E-state index contributed by atoms with van der Waals surface area (Å²) in [7, 11) is 0. The third-order valence-corrected chi connectivity index (χ3v) is 14.0. The van der Waals surface area contributed by atoms with Gasteiger partial charge in [0.15, 0.2) is 0 Å². The Hall–Kier alpha value is -5.14. The maximum absolute atomic E-state index is 2.58. The van der Waals surface area contributed by atoms with Crippen molar-refractivity contribution in [3.63, 3.8) is 0 Å². The molecule has 0 radical (unpaired) electrons. The zero-order chi connectivity index (χ0) is 37.4. The number of fused-ring (bicyclic) bond motifs is 9. The SMILES string of the molecule is CC1(C)c2ccccc2C(C)(C)c2c1ccc1c2c2c3c(ccc2n1-c1ccc(C(=C2CCC2)c2ccccc2)cc1)C(C)(C)c1ccccc1C3(C)C. The van der Waals surface area contributed by atoms with Crippen molar-refractivity contribution < 1.29 is 0 Å². The molecule has 268 valence electrons. The fourth-order valence-electron chi connectivity index (χ4n) is 11.1. The van der Waals surface area contributed by atoms with Crippen LogP contribution in [0.1, 0.15) is 130 Å². The number of hydrogen-bond acceptors (Lipinski definition) is 0. The van der Waals surface area contributed by atoms with Gasteiger partial charge in [-0.1, -0.05) is 164 Å². The summed E-state index contributed by atoms with van der Waals surface area (Å²) >= 11 is 0. The summed E-state index contributed by atoms with van der Waals surface area (Å²) in [4.78, 5) is 0. The van der Waals surface area contributed by atoms with E-state index in [1.807, 2.05) is 0 Å². The maximum atomic E-state index is 2.58. The van der Waals surface area contributed by atoms with Crippen molar-refractivity contribution in [3.05, 3.63) is 189 Å². The quantitative estimate of drug-likeness (QED) is 0.173. The molecule has 1 heteroatoms. The topological polar surface area (TPSA) is 4.93 Å². The Kier molecular flexibility index (Phi) is 6.93. The Morgan fingerprint density at radius 2 is 0.815 bits per heavy atom. The van der Waals surface area contributed by atoms with Crippen LogP contribution >= 0.6 is 0 Å². The maximum Gasteiger partial charge on any atom is 0.0544 e. The van der Waals surface area contributed by atoms with Crippen molar-refractivity contribution >= 4 is 27.4 Å². The van der Waals surface area contributed by atoms with Gasteiger partial charge in [-0.25, -0.2) is 0 Å². The zero-order valence-electron chi connectivity index (χ0n) is 33.2. The van der Waals surface area contributed by atoms with Crippen LogP contribution in [0.4, 0.5) is 0 Å². The van der Waals surface area contributed by atoms with E-state index in [0.717, 1.165) is 0 Å². The van der Waals surface area contributed by atoms with Gasteiger partial charge in [-0.05, 0) is 105 Å². The fraction of sp³-hybridized carbons (Fsp3) is 0.283. The van der Waals surface area contributed by atoms with Gasteiger partial charge in [0, 0.05) is 38.1 Å². The summed E-state index contributed by atoms with van der Waals surface area (Å²) < 4.78 is 2.58. The van der Waals surface area contributed by atoms with E-state index in [9.17, 15) is 0 Å². The van der Waals surface area contributed by atoms with Crippen LogP contribution in [0, 0.1) is 0 Å². The Labute approximate surface area is 321 Å². The first-order valence-electron chi connectivity index (χ1n) is 20.1. The van der Waals surface area contributed by atoms with Crippen molar-refractivity contribution in [2.24, 2.45) is 0 Å². The molecule has 0 amide bonds. The number of allylic oxidation sites excluding steroid dienone is 1. The van der Waals surface area contributed by atoms with Gasteiger partial charge in [0.1, 0.15) is 0 Å². The highest BCUT2D eigenvalue weighted by Crippen LogP contribution is 2.57. The lowest BCUT2D eigenvalue weighted by molar-refractivity contribution is 0.522. The van der Waals surface area contributed by atoms with Crippen LogP contribution in [-0.2, 0) is 21.7 Å². The molecule has 7 aromatic rings. The van der Waals surface area contributed by atoms with E-state index >= 15 is 0 Å². The molecule has 1 aromatic heterocycles. The van der Waals surface area contributed by atoms with E-state index in [2.05, 4.69) is 187 Å². The Bertz CT molecular complexity index is 2570. The molecule has 1 fully saturated rings. The van der Waals surface area contributed by atoms with E-state index in [4.69, 9.17) is 0 Å². The van der Waals surface area contributed by atoms with Crippen LogP contribution in [0.25, 0.3) is 33.1 Å². The summed E-state index contributed by atoms with van der Waals surface area (Å²) in [6.45, 7) is 19.6. The van der Waals surface area contributed by atoms with Gasteiger partial charge in [0.25, 0.3) is 0 Å². The van der Waals surface area contributed by atoms with Gasteiger partial charge >= 0.3 is 0 Å². The molecule has 0 atom stereocenters. The lowest BCUT2D eigenvalue weighted by atomic mass is 9.57. The van der Waals surface area contributed by atoms with Crippen LogP contribution in [0.15, 0.2) is 133 Å². The number of nitrogens with zero attached hydrogens (tertiary/aromatic N) is 1. The zero-order valence-corrected chi connectivity index (χ0v) is 33.2.